The van der Waals surface area contributed by atoms with E-state index in [2.05, 4.69) is 20.6 Å². The van der Waals surface area contributed by atoms with E-state index < -0.39 is 5.60 Å². The number of hydrogen-bond donors (Lipinski definition) is 3. The van der Waals surface area contributed by atoms with Gasteiger partial charge in [0.25, 0.3) is 0 Å². The molecule has 0 aliphatic carbocycles. The number of aromatic nitrogens is 2. The minimum atomic E-state index is -0.707. The fraction of sp³-hybridized carbons (Fsp3) is 0.714. The third-order valence-electron chi connectivity index (χ3n) is 3.75. The Bertz CT molecular complexity index is 459. The van der Waals surface area contributed by atoms with Crippen molar-refractivity contribution >= 4 is 11.6 Å². The van der Waals surface area contributed by atoms with Crippen molar-refractivity contribution in [1.82, 2.24) is 9.97 Å². The summed E-state index contributed by atoms with van der Waals surface area (Å²) in [4.78, 5) is 8.95. The highest BCUT2D eigenvalue weighted by Crippen LogP contribution is 2.24. The number of anilines is 2. The predicted octanol–water partition coefficient (Wildman–Crippen LogP) is 1.34. The zero-order valence-corrected chi connectivity index (χ0v) is 12.5. The maximum absolute atomic E-state index is 10.5. The predicted molar refractivity (Wildman–Crippen MR) is 79.2 cm³/mol. The molecular formula is C14H24N4O2. The standard InChI is InChI=1S/C14H24N4O2/c1-4-11-17-12(15-3)10(2)13(18-11)16-9-14(19)5-7-20-8-6-14/h19H,4-9H2,1-3H3,(H2,15,16,17,18). The van der Waals surface area contributed by atoms with Crippen LogP contribution in [0.3, 0.4) is 0 Å². The van der Waals surface area contributed by atoms with Crippen LogP contribution in [0.2, 0.25) is 0 Å². The van der Waals surface area contributed by atoms with Gasteiger partial charge in [-0.25, -0.2) is 9.97 Å². The molecule has 0 radical (unpaired) electrons. The van der Waals surface area contributed by atoms with Gasteiger partial charge in [-0.3, -0.25) is 0 Å². The van der Waals surface area contributed by atoms with E-state index in [9.17, 15) is 5.11 Å². The third-order valence-corrected chi connectivity index (χ3v) is 3.75. The molecule has 1 aliphatic rings. The Kier molecular flexibility index (Phi) is 4.77. The Hall–Kier alpha value is -1.40. The molecule has 2 heterocycles. The smallest absolute Gasteiger partial charge is 0.134 e. The zero-order valence-electron chi connectivity index (χ0n) is 12.5. The van der Waals surface area contributed by atoms with Gasteiger partial charge in [0.15, 0.2) is 0 Å². The van der Waals surface area contributed by atoms with Crippen LogP contribution in [0.1, 0.15) is 31.2 Å². The minimum Gasteiger partial charge on any atom is -0.388 e. The van der Waals surface area contributed by atoms with Crippen LogP contribution in [0.15, 0.2) is 0 Å². The first-order valence-corrected chi connectivity index (χ1v) is 7.17. The monoisotopic (exact) mass is 280 g/mol. The SMILES string of the molecule is CCc1nc(NC)c(C)c(NCC2(O)CCOCC2)n1. The van der Waals surface area contributed by atoms with Gasteiger partial charge in [-0.05, 0) is 6.92 Å². The molecule has 0 amide bonds. The number of aliphatic hydroxyl groups is 1. The number of nitrogens with zero attached hydrogens (tertiary/aromatic N) is 2. The number of ether oxygens (including phenoxy) is 1. The molecule has 0 saturated carbocycles. The molecule has 20 heavy (non-hydrogen) atoms. The van der Waals surface area contributed by atoms with E-state index in [0.717, 1.165) is 29.4 Å². The zero-order chi connectivity index (χ0) is 14.6. The molecular weight excluding hydrogens is 256 g/mol. The lowest BCUT2D eigenvalue weighted by Crippen LogP contribution is -2.42. The van der Waals surface area contributed by atoms with Crippen molar-refractivity contribution in [1.29, 1.82) is 0 Å². The molecule has 0 spiro atoms. The Morgan fingerprint density at radius 1 is 1.25 bits per heavy atom. The Morgan fingerprint density at radius 3 is 2.50 bits per heavy atom. The number of aryl methyl sites for hydroxylation is 1. The lowest BCUT2D eigenvalue weighted by atomic mass is 9.94. The van der Waals surface area contributed by atoms with E-state index >= 15 is 0 Å². The van der Waals surface area contributed by atoms with Gasteiger partial charge >= 0.3 is 0 Å². The molecule has 0 aromatic carbocycles. The summed E-state index contributed by atoms with van der Waals surface area (Å²) in [5.41, 5.74) is 0.266. The average Bonchev–Trinajstić information content (AvgIpc) is 2.47. The normalized spacial score (nSPS) is 17.8. The molecule has 1 aromatic rings. The van der Waals surface area contributed by atoms with Gasteiger partial charge in [0, 0.05) is 51.6 Å². The van der Waals surface area contributed by atoms with Crippen molar-refractivity contribution in [3.8, 4) is 0 Å². The van der Waals surface area contributed by atoms with Crippen molar-refractivity contribution < 1.29 is 9.84 Å². The van der Waals surface area contributed by atoms with E-state index in [4.69, 9.17) is 4.74 Å². The summed E-state index contributed by atoms with van der Waals surface area (Å²) in [5.74, 6) is 2.42. The largest absolute Gasteiger partial charge is 0.388 e. The molecule has 1 aliphatic heterocycles. The highest BCUT2D eigenvalue weighted by atomic mass is 16.5. The number of hydrogen-bond acceptors (Lipinski definition) is 6. The van der Waals surface area contributed by atoms with Crippen LogP contribution in [0.25, 0.3) is 0 Å². The van der Waals surface area contributed by atoms with Crippen molar-refractivity contribution in [2.24, 2.45) is 0 Å². The van der Waals surface area contributed by atoms with E-state index in [1.807, 2.05) is 20.9 Å². The van der Waals surface area contributed by atoms with E-state index in [1.54, 1.807) is 0 Å². The summed E-state index contributed by atoms with van der Waals surface area (Å²) in [7, 11) is 1.85. The van der Waals surface area contributed by atoms with Gasteiger partial charge in [0.05, 0.1) is 5.60 Å². The molecule has 112 valence electrons. The van der Waals surface area contributed by atoms with Crippen molar-refractivity contribution in [3.63, 3.8) is 0 Å². The van der Waals surface area contributed by atoms with Crippen LogP contribution >= 0.6 is 0 Å². The molecule has 1 fully saturated rings. The second-order valence-electron chi connectivity index (χ2n) is 5.26. The topological polar surface area (TPSA) is 79.3 Å². The first kappa shape index (κ1) is 15.0. The van der Waals surface area contributed by atoms with Gasteiger partial charge in [-0.1, -0.05) is 6.92 Å². The number of rotatable bonds is 5. The summed E-state index contributed by atoms with van der Waals surface area (Å²) < 4.78 is 5.29. The molecule has 6 heteroatoms. The fourth-order valence-corrected chi connectivity index (χ4v) is 2.31. The fourth-order valence-electron chi connectivity index (χ4n) is 2.31. The van der Waals surface area contributed by atoms with Gasteiger partial charge in [-0.15, -0.1) is 0 Å². The van der Waals surface area contributed by atoms with Crippen LogP contribution in [0, 0.1) is 6.92 Å². The Morgan fingerprint density at radius 2 is 1.90 bits per heavy atom. The summed E-state index contributed by atoms with van der Waals surface area (Å²) in [6.45, 7) is 5.72. The first-order valence-electron chi connectivity index (χ1n) is 7.17. The molecule has 1 aromatic heterocycles. The first-order chi connectivity index (χ1) is 9.58. The quantitative estimate of drug-likeness (QED) is 0.755. The molecule has 0 bridgehead atoms. The third kappa shape index (κ3) is 3.37. The Balaban J connectivity index is 2.12. The van der Waals surface area contributed by atoms with E-state index in [-0.39, 0.29) is 0 Å². The van der Waals surface area contributed by atoms with Crippen LogP contribution < -0.4 is 10.6 Å². The lowest BCUT2D eigenvalue weighted by Gasteiger charge is -2.32. The second-order valence-corrected chi connectivity index (χ2v) is 5.26. The molecule has 0 unspecified atom stereocenters. The minimum absolute atomic E-state index is 0.487. The lowest BCUT2D eigenvalue weighted by molar-refractivity contribution is -0.0543. The van der Waals surface area contributed by atoms with Gasteiger partial charge < -0.3 is 20.5 Å². The van der Waals surface area contributed by atoms with E-state index in [0.29, 0.717) is 32.6 Å². The van der Waals surface area contributed by atoms with Crippen molar-refractivity contribution in [2.75, 3.05) is 37.4 Å². The molecule has 0 atom stereocenters. The van der Waals surface area contributed by atoms with Crippen LogP contribution in [0.4, 0.5) is 11.6 Å². The van der Waals surface area contributed by atoms with Crippen LogP contribution in [-0.4, -0.2) is 47.5 Å². The van der Waals surface area contributed by atoms with Gasteiger partial charge in [0.1, 0.15) is 17.5 Å². The van der Waals surface area contributed by atoms with Crippen molar-refractivity contribution in [2.45, 2.75) is 38.7 Å². The summed E-state index contributed by atoms with van der Waals surface area (Å²) in [5, 5.41) is 16.8. The molecule has 3 N–H and O–H groups in total. The molecule has 2 rings (SSSR count). The van der Waals surface area contributed by atoms with Crippen molar-refractivity contribution in [3.05, 3.63) is 11.4 Å². The van der Waals surface area contributed by atoms with Crippen LogP contribution in [-0.2, 0) is 11.2 Å². The average molecular weight is 280 g/mol. The summed E-state index contributed by atoms with van der Waals surface area (Å²) in [6.07, 6.45) is 2.09. The Labute approximate surface area is 120 Å². The maximum atomic E-state index is 10.5. The van der Waals surface area contributed by atoms with E-state index in [1.165, 1.54) is 0 Å². The molecule has 6 nitrogen and oxygen atoms in total. The summed E-state index contributed by atoms with van der Waals surface area (Å²) in [6, 6.07) is 0. The highest BCUT2D eigenvalue weighted by Gasteiger charge is 2.29. The number of nitrogens with one attached hydrogen (secondary N) is 2. The maximum Gasteiger partial charge on any atom is 0.134 e. The molecule has 1 saturated heterocycles. The van der Waals surface area contributed by atoms with Gasteiger partial charge in [0.2, 0.25) is 0 Å². The van der Waals surface area contributed by atoms with Crippen LogP contribution in [0.5, 0.6) is 0 Å². The van der Waals surface area contributed by atoms with Gasteiger partial charge in [-0.2, -0.15) is 0 Å². The second kappa shape index (κ2) is 6.37. The highest BCUT2D eigenvalue weighted by molar-refractivity contribution is 5.57. The summed E-state index contributed by atoms with van der Waals surface area (Å²) >= 11 is 0.